The lowest BCUT2D eigenvalue weighted by atomic mass is 10.1. The minimum atomic E-state index is -1.17. The van der Waals surface area contributed by atoms with Gasteiger partial charge in [0.05, 0.1) is 24.0 Å². The first kappa shape index (κ1) is 22.4. The molecule has 0 aliphatic rings. The van der Waals surface area contributed by atoms with Crippen LogP contribution >= 0.6 is 12.2 Å². The molecule has 0 bridgehead atoms. The highest BCUT2D eigenvalue weighted by Gasteiger charge is 2.15. The van der Waals surface area contributed by atoms with Crippen LogP contribution in [0, 0.1) is 0 Å². The van der Waals surface area contributed by atoms with Gasteiger partial charge in [-0.3, -0.25) is 9.59 Å². The maximum absolute atomic E-state index is 12.7. The summed E-state index contributed by atoms with van der Waals surface area (Å²) in [6, 6.07) is 16.8. The highest BCUT2D eigenvalue weighted by atomic mass is 32.1. The summed E-state index contributed by atoms with van der Waals surface area (Å²) < 4.78 is 5.08. The summed E-state index contributed by atoms with van der Waals surface area (Å²) in [4.78, 5) is 36.9. The zero-order valence-electron chi connectivity index (χ0n) is 16.9. The molecule has 9 heteroatoms. The van der Waals surface area contributed by atoms with Gasteiger partial charge < -0.3 is 26.2 Å². The Morgan fingerprint density at radius 1 is 0.781 bits per heavy atom. The second-order valence-corrected chi connectivity index (χ2v) is 7.08. The summed E-state index contributed by atoms with van der Waals surface area (Å²) in [5.41, 5.74) is 7.16. The molecule has 3 aromatic carbocycles. The minimum Gasteiger partial charge on any atom is -0.497 e. The van der Waals surface area contributed by atoms with E-state index in [1.807, 2.05) is 0 Å². The molecule has 0 heterocycles. The lowest BCUT2D eigenvalue weighted by molar-refractivity contribution is 0.0696. The average Bonchev–Trinajstić information content (AvgIpc) is 2.80. The van der Waals surface area contributed by atoms with Crippen LogP contribution in [-0.4, -0.2) is 35.0 Å². The first-order valence-electron chi connectivity index (χ1n) is 9.32. The van der Waals surface area contributed by atoms with E-state index < -0.39 is 17.8 Å². The molecular formula is C23H19N3O5S. The Labute approximate surface area is 189 Å². The van der Waals surface area contributed by atoms with Gasteiger partial charge in [0.15, 0.2) is 0 Å². The molecule has 3 rings (SSSR count). The van der Waals surface area contributed by atoms with Crippen molar-refractivity contribution in [3.8, 4) is 5.75 Å². The number of thiocarbonyl (C=S) groups is 1. The van der Waals surface area contributed by atoms with Crippen molar-refractivity contribution in [2.75, 3.05) is 17.7 Å². The number of ether oxygens (including phenoxy) is 1. The molecule has 2 amide bonds. The van der Waals surface area contributed by atoms with Crippen molar-refractivity contribution in [2.45, 2.75) is 0 Å². The molecule has 0 unspecified atom stereocenters. The fourth-order valence-electron chi connectivity index (χ4n) is 2.81. The molecule has 0 saturated carbocycles. The predicted molar refractivity (Wildman–Crippen MR) is 125 cm³/mol. The van der Waals surface area contributed by atoms with E-state index in [-0.39, 0.29) is 21.9 Å². The van der Waals surface area contributed by atoms with Gasteiger partial charge >= 0.3 is 5.97 Å². The van der Waals surface area contributed by atoms with Crippen LogP contribution in [-0.2, 0) is 0 Å². The molecule has 32 heavy (non-hydrogen) atoms. The minimum absolute atomic E-state index is 0.0495. The predicted octanol–water partition coefficient (Wildman–Crippen LogP) is 3.53. The van der Waals surface area contributed by atoms with Crippen LogP contribution in [0.25, 0.3) is 0 Å². The number of hydrogen-bond acceptors (Lipinski definition) is 5. The van der Waals surface area contributed by atoms with Gasteiger partial charge in [-0.15, -0.1) is 0 Å². The number of hydrogen-bond donors (Lipinski definition) is 4. The van der Waals surface area contributed by atoms with E-state index in [1.165, 1.54) is 25.3 Å². The Hall–Kier alpha value is -4.24. The molecule has 8 nitrogen and oxygen atoms in total. The number of benzene rings is 3. The van der Waals surface area contributed by atoms with Gasteiger partial charge in [-0.05, 0) is 54.6 Å². The van der Waals surface area contributed by atoms with Crippen LogP contribution in [0.4, 0.5) is 11.4 Å². The van der Waals surface area contributed by atoms with Crippen LogP contribution in [0.5, 0.6) is 5.75 Å². The lowest BCUT2D eigenvalue weighted by Gasteiger charge is -2.14. The summed E-state index contributed by atoms with van der Waals surface area (Å²) in [5, 5.41) is 14.6. The summed E-state index contributed by atoms with van der Waals surface area (Å²) in [7, 11) is 1.52. The Balaban J connectivity index is 1.86. The molecule has 0 aliphatic carbocycles. The third-order valence-corrected chi connectivity index (χ3v) is 4.78. The fraction of sp³-hybridized carbons (Fsp3) is 0.0435. The molecule has 0 atom stereocenters. The Bertz CT molecular complexity index is 1190. The van der Waals surface area contributed by atoms with Crippen molar-refractivity contribution in [2.24, 2.45) is 5.73 Å². The average molecular weight is 449 g/mol. The van der Waals surface area contributed by atoms with Gasteiger partial charge in [0.25, 0.3) is 11.8 Å². The largest absolute Gasteiger partial charge is 0.497 e. The number of nitrogens with one attached hydrogen (secondary N) is 2. The molecule has 0 spiro atoms. The maximum Gasteiger partial charge on any atom is 0.335 e. The van der Waals surface area contributed by atoms with Crippen LogP contribution in [0.2, 0.25) is 0 Å². The number of carboxylic acids is 1. The van der Waals surface area contributed by atoms with Crippen molar-refractivity contribution in [3.63, 3.8) is 0 Å². The van der Waals surface area contributed by atoms with Crippen molar-refractivity contribution >= 4 is 46.4 Å². The molecule has 0 aromatic heterocycles. The summed E-state index contributed by atoms with van der Waals surface area (Å²) in [5.74, 6) is -1.51. The highest BCUT2D eigenvalue weighted by molar-refractivity contribution is 7.80. The molecule has 0 aliphatic heterocycles. The summed E-state index contributed by atoms with van der Waals surface area (Å²) in [6.45, 7) is 0. The summed E-state index contributed by atoms with van der Waals surface area (Å²) in [6.07, 6.45) is 0. The number of nitrogens with two attached hydrogens (primary N) is 1. The van der Waals surface area contributed by atoms with E-state index in [4.69, 9.17) is 22.7 Å². The molecule has 0 fully saturated rings. The van der Waals surface area contributed by atoms with E-state index in [1.54, 1.807) is 48.5 Å². The van der Waals surface area contributed by atoms with Crippen LogP contribution in [0.3, 0.4) is 0 Å². The molecule has 0 saturated heterocycles. The zero-order chi connectivity index (χ0) is 23.3. The highest BCUT2D eigenvalue weighted by Crippen LogP contribution is 2.25. The van der Waals surface area contributed by atoms with E-state index in [2.05, 4.69) is 10.6 Å². The Morgan fingerprint density at radius 3 is 1.75 bits per heavy atom. The monoisotopic (exact) mass is 449 g/mol. The standard InChI is InChI=1S/C23H19N3O5S/c1-31-17-9-6-15(7-10-17)21(27)25-18-11-8-16(23(29)30)12-19(18)26-22(28)14-4-2-13(3-5-14)20(24)32/h2-12H,1H3,(H2,24,32)(H,25,27)(H,26,28)(H,29,30). The fourth-order valence-corrected chi connectivity index (χ4v) is 2.94. The van der Waals surface area contributed by atoms with Crippen molar-refractivity contribution in [1.29, 1.82) is 0 Å². The third kappa shape index (κ3) is 5.27. The lowest BCUT2D eigenvalue weighted by Crippen LogP contribution is -2.18. The van der Waals surface area contributed by atoms with Crippen molar-refractivity contribution in [3.05, 3.63) is 89.0 Å². The van der Waals surface area contributed by atoms with Crippen LogP contribution in [0.15, 0.2) is 66.7 Å². The first-order valence-corrected chi connectivity index (χ1v) is 9.73. The number of carbonyl (C=O) groups excluding carboxylic acids is 2. The van der Waals surface area contributed by atoms with Gasteiger partial charge in [-0.25, -0.2) is 4.79 Å². The van der Waals surface area contributed by atoms with E-state index >= 15 is 0 Å². The second-order valence-electron chi connectivity index (χ2n) is 6.64. The van der Waals surface area contributed by atoms with E-state index in [0.29, 0.717) is 22.4 Å². The number of aromatic carboxylic acids is 1. The maximum atomic E-state index is 12.7. The molecule has 3 aromatic rings. The van der Waals surface area contributed by atoms with Gasteiger partial charge in [0.2, 0.25) is 0 Å². The van der Waals surface area contributed by atoms with E-state index in [9.17, 15) is 19.5 Å². The van der Waals surface area contributed by atoms with Crippen molar-refractivity contribution < 1.29 is 24.2 Å². The number of carboxylic acid groups (broad SMARTS) is 1. The smallest absolute Gasteiger partial charge is 0.335 e. The zero-order valence-corrected chi connectivity index (χ0v) is 17.7. The number of anilines is 2. The number of methoxy groups -OCH3 is 1. The SMILES string of the molecule is COc1ccc(C(=O)Nc2ccc(C(=O)O)cc2NC(=O)c2ccc(C(N)=S)cc2)cc1. The molecule has 5 N–H and O–H groups in total. The van der Waals surface area contributed by atoms with Crippen molar-refractivity contribution in [1.82, 2.24) is 0 Å². The van der Waals surface area contributed by atoms with Crippen LogP contribution < -0.4 is 21.1 Å². The number of rotatable bonds is 7. The van der Waals surface area contributed by atoms with Gasteiger partial charge in [0.1, 0.15) is 10.7 Å². The third-order valence-electron chi connectivity index (χ3n) is 4.55. The number of carbonyl (C=O) groups is 3. The Morgan fingerprint density at radius 2 is 1.25 bits per heavy atom. The first-order chi connectivity index (χ1) is 15.3. The molecular weight excluding hydrogens is 430 g/mol. The number of amides is 2. The molecule has 0 radical (unpaired) electrons. The van der Waals surface area contributed by atoms with Gasteiger partial charge in [0, 0.05) is 16.7 Å². The molecule has 162 valence electrons. The second kappa shape index (κ2) is 9.71. The van der Waals surface area contributed by atoms with E-state index in [0.717, 1.165) is 0 Å². The van der Waals surface area contributed by atoms with Crippen LogP contribution in [0.1, 0.15) is 36.6 Å². The van der Waals surface area contributed by atoms with Gasteiger partial charge in [-0.1, -0.05) is 24.4 Å². The summed E-state index contributed by atoms with van der Waals surface area (Å²) >= 11 is 4.90. The quantitative estimate of drug-likeness (QED) is 0.406. The Kier molecular flexibility index (Phi) is 6.81. The topological polar surface area (TPSA) is 131 Å². The van der Waals surface area contributed by atoms with Gasteiger partial charge in [-0.2, -0.15) is 0 Å². The normalized spacial score (nSPS) is 10.2.